The van der Waals surface area contributed by atoms with Crippen LogP contribution in [-0.4, -0.2) is 24.0 Å². The second kappa shape index (κ2) is 3.53. The van der Waals surface area contributed by atoms with Crippen molar-refractivity contribution in [2.24, 2.45) is 10.7 Å². The van der Waals surface area contributed by atoms with Crippen LogP contribution in [0, 0.1) is 0 Å². The summed E-state index contributed by atoms with van der Waals surface area (Å²) in [6, 6.07) is 3.80. The van der Waals surface area contributed by atoms with Gasteiger partial charge in [-0.25, -0.2) is 4.99 Å². The van der Waals surface area contributed by atoms with E-state index in [0.29, 0.717) is 19.0 Å². The van der Waals surface area contributed by atoms with Gasteiger partial charge in [0.05, 0.1) is 6.54 Å². The standard InChI is InChI=1S/C9H11N3O/c10-6-7-2-1-3-11-8(7)9-12-4-5-13-9/h1-3H,4-6,10H2. The Morgan fingerprint density at radius 1 is 1.54 bits per heavy atom. The van der Waals surface area contributed by atoms with Crippen molar-refractivity contribution in [2.45, 2.75) is 6.54 Å². The molecule has 68 valence electrons. The van der Waals surface area contributed by atoms with Crippen LogP contribution in [0.5, 0.6) is 0 Å². The summed E-state index contributed by atoms with van der Waals surface area (Å²) in [6.07, 6.45) is 1.72. The fourth-order valence-electron chi connectivity index (χ4n) is 1.27. The van der Waals surface area contributed by atoms with E-state index in [0.717, 1.165) is 17.8 Å². The summed E-state index contributed by atoms with van der Waals surface area (Å²) in [5, 5.41) is 0. The van der Waals surface area contributed by atoms with Gasteiger partial charge in [-0.2, -0.15) is 0 Å². The first-order chi connectivity index (χ1) is 6.42. The van der Waals surface area contributed by atoms with Gasteiger partial charge in [-0.05, 0) is 11.6 Å². The molecule has 0 aliphatic carbocycles. The maximum absolute atomic E-state index is 5.57. The molecule has 4 nitrogen and oxygen atoms in total. The van der Waals surface area contributed by atoms with Crippen molar-refractivity contribution >= 4 is 5.90 Å². The monoisotopic (exact) mass is 177 g/mol. The molecule has 0 spiro atoms. The molecule has 2 N–H and O–H groups in total. The minimum absolute atomic E-state index is 0.464. The van der Waals surface area contributed by atoms with Gasteiger partial charge in [0.1, 0.15) is 12.3 Å². The zero-order valence-electron chi connectivity index (χ0n) is 7.23. The Morgan fingerprint density at radius 2 is 2.46 bits per heavy atom. The van der Waals surface area contributed by atoms with Gasteiger partial charge in [0, 0.05) is 12.7 Å². The second-order valence-corrected chi connectivity index (χ2v) is 2.75. The molecule has 1 aromatic heterocycles. The van der Waals surface area contributed by atoms with Gasteiger partial charge in [0.2, 0.25) is 5.90 Å². The minimum Gasteiger partial charge on any atom is -0.474 e. The number of hydrogen-bond donors (Lipinski definition) is 1. The topological polar surface area (TPSA) is 60.5 Å². The van der Waals surface area contributed by atoms with E-state index in [1.54, 1.807) is 6.20 Å². The Hall–Kier alpha value is -1.42. The number of aromatic nitrogens is 1. The summed E-state index contributed by atoms with van der Waals surface area (Å²) in [5.74, 6) is 0.626. The van der Waals surface area contributed by atoms with Crippen molar-refractivity contribution in [1.29, 1.82) is 0 Å². The Morgan fingerprint density at radius 3 is 3.15 bits per heavy atom. The molecule has 4 heteroatoms. The Kier molecular flexibility index (Phi) is 2.23. The molecule has 13 heavy (non-hydrogen) atoms. The first kappa shape index (κ1) is 8.19. The fraction of sp³-hybridized carbons (Fsp3) is 0.333. The number of hydrogen-bond acceptors (Lipinski definition) is 4. The van der Waals surface area contributed by atoms with Gasteiger partial charge in [-0.1, -0.05) is 6.07 Å². The van der Waals surface area contributed by atoms with Crippen LogP contribution in [0.3, 0.4) is 0 Å². The molecule has 2 rings (SSSR count). The Labute approximate surface area is 76.5 Å². The number of nitrogens with two attached hydrogens (primary N) is 1. The highest BCUT2D eigenvalue weighted by atomic mass is 16.5. The SMILES string of the molecule is NCc1cccnc1C1=NCCO1. The molecular formula is C9H11N3O. The van der Waals surface area contributed by atoms with Gasteiger partial charge in [0.25, 0.3) is 0 Å². The molecule has 0 saturated heterocycles. The molecule has 0 saturated carbocycles. The molecule has 0 unspecified atom stereocenters. The molecule has 1 aromatic rings. The molecule has 0 amide bonds. The zero-order valence-corrected chi connectivity index (χ0v) is 7.23. The minimum atomic E-state index is 0.464. The summed E-state index contributed by atoms with van der Waals surface area (Å²) in [5.41, 5.74) is 7.32. The van der Waals surface area contributed by atoms with Crippen LogP contribution in [0.2, 0.25) is 0 Å². The average Bonchev–Trinajstić information content (AvgIpc) is 2.70. The molecule has 0 radical (unpaired) electrons. The second-order valence-electron chi connectivity index (χ2n) is 2.75. The van der Waals surface area contributed by atoms with Crippen LogP contribution in [0.1, 0.15) is 11.3 Å². The smallest absolute Gasteiger partial charge is 0.235 e. The highest BCUT2D eigenvalue weighted by Crippen LogP contribution is 2.09. The summed E-state index contributed by atoms with van der Waals surface area (Å²) >= 11 is 0. The van der Waals surface area contributed by atoms with Crippen LogP contribution in [0.4, 0.5) is 0 Å². The van der Waals surface area contributed by atoms with Crippen LogP contribution in [-0.2, 0) is 11.3 Å². The van der Waals surface area contributed by atoms with E-state index >= 15 is 0 Å². The molecule has 0 atom stereocenters. The molecular weight excluding hydrogens is 166 g/mol. The van der Waals surface area contributed by atoms with E-state index in [2.05, 4.69) is 9.98 Å². The van der Waals surface area contributed by atoms with Gasteiger partial charge in [-0.3, -0.25) is 4.98 Å². The lowest BCUT2D eigenvalue weighted by atomic mass is 10.2. The lowest BCUT2D eigenvalue weighted by Gasteiger charge is -2.04. The predicted octanol–water partition coefficient (Wildman–Crippen LogP) is 0.317. The van der Waals surface area contributed by atoms with Gasteiger partial charge < -0.3 is 10.5 Å². The molecule has 2 heterocycles. The van der Waals surface area contributed by atoms with E-state index in [1.807, 2.05) is 12.1 Å². The number of pyridine rings is 1. The van der Waals surface area contributed by atoms with Crippen LogP contribution >= 0.6 is 0 Å². The molecule has 1 aliphatic heterocycles. The van der Waals surface area contributed by atoms with Gasteiger partial charge >= 0.3 is 0 Å². The predicted molar refractivity (Wildman–Crippen MR) is 49.5 cm³/mol. The summed E-state index contributed by atoms with van der Waals surface area (Å²) in [7, 11) is 0. The van der Waals surface area contributed by atoms with Crippen molar-refractivity contribution < 1.29 is 4.74 Å². The highest BCUT2D eigenvalue weighted by Gasteiger charge is 2.14. The molecule has 0 bridgehead atoms. The van der Waals surface area contributed by atoms with Crippen molar-refractivity contribution in [3.63, 3.8) is 0 Å². The summed E-state index contributed by atoms with van der Waals surface area (Å²) < 4.78 is 5.31. The maximum Gasteiger partial charge on any atom is 0.235 e. The van der Waals surface area contributed by atoms with Gasteiger partial charge in [-0.15, -0.1) is 0 Å². The third-order valence-electron chi connectivity index (χ3n) is 1.90. The average molecular weight is 177 g/mol. The van der Waals surface area contributed by atoms with Crippen molar-refractivity contribution in [2.75, 3.05) is 13.2 Å². The third kappa shape index (κ3) is 1.53. The van der Waals surface area contributed by atoms with E-state index in [9.17, 15) is 0 Å². The summed E-state index contributed by atoms with van der Waals surface area (Å²) in [4.78, 5) is 8.39. The lowest BCUT2D eigenvalue weighted by molar-refractivity contribution is 0.347. The van der Waals surface area contributed by atoms with Crippen LogP contribution in [0.15, 0.2) is 23.3 Å². The summed E-state index contributed by atoms with van der Waals surface area (Å²) in [6.45, 7) is 1.83. The normalized spacial score (nSPS) is 15.3. The van der Waals surface area contributed by atoms with E-state index in [-0.39, 0.29) is 0 Å². The highest BCUT2D eigenvalue weighted by molar-refractivity contribution is 5.94. The van der Waals surface area contributed by atoms with Crippen molar-refractivity contribution in [1.82, 2.24) is 4.98 Å². The van der Waals surface area contributed by atoms with Crippen LogP contribution < -0.4 is 5.73 Å². The number of nitrogens with zero attached hydrogens (tertiary/aromatic N) is 2. The van der Waals surface area contributed by atoms with E-state index in [4.69, 9.17) is 10.5 Å². The first-order valence-corrected chi connectivity index (χ1v) is 4.23. The molecule has 1 aliphatic rings. The molecule has 0 aromatic carbocycles. The first-order valence-electron chi connectivity index (χ1n) is 4.23. The van der Waals surface area contributed by atoms with Gasteiger partial charge in [0.15, 0.2) is 0 Å². The fourth-order valence-corrected chi connectivity index (χ4v) is 1.27. The van der Waals surface area contributed by atoms with Crippen molar-refractivity contribution in [3.05, 3.63) is 29.6 Å². The number of aliphatic imine (C=N–C) groups is 1. The number of rotatable bonds is 2. The van der Waals surface area contributed by atoms with E-state index in [1.165, 1.54) is 0 Å². The van der Waals surface area contributed by atoms with Crippen molar-refractivity contribution in [3.8, 4) is 0 Å². The lowest BCUT2D eigenvalue weighted by Crippen LogP contribution is -2.10. The largest absolute Gasteiger partial charge is 0.474 e. The Bertz CT molecular complexity index is 335. The Balaban J connectivity index is 2.38. The molecule has 0 fully saturated rings. The third-order valence-corrected chi connectivity index (χ3v) is 1.90. The maximum atomic E-state index is 5.57. The number of ether oxygens (including phenoxy) is 1. The van der Waals surface area contributed by atoms with E-state index < -0.39 is 0 Å². The zero-order chi connectivity index (χ0) is 9.10. The quantitative estimate of drug-likeness (QED) is 0.707. The van der Waals surface area contributed by atoms with Crippen LogP contribution in [0.25, 0.3) is 0 Å².